The minimum atomic E-state index is -4.16. The third-order valence-corrected chi connectivity index (χ3v) is 7.98. The van der Waals surface area contributed by atoms with Crippen LogP contribution in [0, 0.1) is 20.8 Å². The van der Waals surface area contributed by atoms with Gasteiger partial charge in [0.05, 0.1) is 22.2 Å². The fraction of sp³-hybridized carbons (Fsp3) is 0.308. The van der Waals surface area contributed by atoms with E-state index in [4.69, 9.17) is 0 Å². The summed E-state index contributed by atoms with van der Waals surface area (Å²) in [6.45, 7) is 5.99. The first kappa shape index (κ1) is 27.8. The molecule has 0 saturated heterocycles. The summed E-state index contributed by atoms with van der Waals surface area (Å²) in [4.78, 5) is 32.0. The van der Waals surface area contributed by atoms with Crippen LogP contribution in [0.5, 0.6) is 0 Å². The summed E-state index contributed by atoms with van der Waals surface area (Å²) >= 11 is 0. The molecule has 0 aliphatic rings. The lowest BCUT2D eigenvalue weighted by Crippen LogP contribution is -2.48. The number of carbonyl (C=O) groups excluding carboxylic acids is 1. The molecule has 2 aromatic heterocycles. The number of aliphatic carboxylic acids is 1. The van der Waals surface area contributed by atoms with Gasteiger partial charge >= 0.3 is 5.97 Å². The van der Waals surface area contributed by atoms with Crippen molar-refractivity contribution in [3.8, 4) is 0 Å². The molecule has 0 saturated carbocycles. The highest BCUT2D eigenvalue weighted by atomic mass is 32.2. The van der Waals surface area contributed by atoms with Gasteiger partial charge in [0.1, 0.15) is 6.04 Å². The van der Waals surface area contributed by atoms with Crippen molar-refractivity contribution in [1.82, 2.24) is 29.8 Å². The van der Waals surface area contributed by atoms with Crippen molar-refractivity contribution in [3.05, 3.63) is 71.2 Å². The minimum absolute atomic E-state index is 0.0298. The molecule has 1 amide bonds. The number of aryl methyl sites for hydroxylation is 4. The number of nitrogens with zero attached hydrogens (tertiary/aromatic N) is 3. The molecule has 0 aliphatic carbocycles. The first-order valence-corrected chi connectivity index (χ1v) is 13.8. The monoisotopic (exact) mass is 553 g/mol. The average Bonchev–Trinajstić information content (AvgIpc) is 3.53. The van der Waals surface area contributed by atoms with Crippen molar-refractivity contribution >= 4 is 38.8 Å². The summed E-state index contributed by atoms with van der Waals surface area (Å²) < 4.78 is 30.1. The second-order valence-corrected chi connectivity index (χ2v) is 10.9. The average molecular weight is 554 g/mol. The van der Waals surface area contributed by atoms with Crippen molar-refractivity contribution in [2.45, 2.75) is 44.7 Å². The molecule has 2 aromatic carbocycles. The van der Waals surface area contributed by atoms with Gasteiger partial charge in [-0.2, -0.15) is 9.82 Å². The standard InChI is InChI=1S/C26H31N7O5S/c1-16-12-17(2)23(18(3)13-16)39(37,38)32-21(25(35)36)15-30-24(34)19-6-4-7-22-20(19)14-31-33(22)11-5-8-27-26-28-9-10-29-26/h4,6-7,9-10,12-14,21,32H,5,8,11,15H2,1-3H3,(H,30,34)(H,35,36)(H2,27,28,29). The van der Waals surface area contributed by atoms with Crippen molar-refractivity contribution in [1.29, 1.82) is 0 Å². The van der Waals surface area contributed by atoms with Gasteiger partial charge in [-0.05, 0) is 50.5 Å². The summed E-state index contributed by atoms with van der Waals surface area (Å²) in [5.41, 5.74) is 2.97. The Bertz CT molecular complexity index is 1570. The first-order valence-electron chi connectivity index (χ1n) is 12.4. The largest absolute Gasteiger partial charge is 0.480 e. The Morgan fingerprint density at radius 1 is 1.15 bits per heavy atom. The fourth-order valence-electron chi connectivity index (χ4n) is 4.58. The second kappa shape index (κ2) is 11.7. The van der Waals surface area contributed by atoms with Crippen LogP contribution in [0.4, 0.5) is 5.95 Å². The molecule has 0 fully saturated rings. The highest BCUT2D eigenvalue weighted by molar-refractivity contribution is 7.89. The number of rotatable bonds is 12. The predicted molar refractivity (Wildman–Crippen MR) is 146 cm³/mol. The molecular formula is C26H31N7O5S. The molecule has 39 heavy (non-hydrogen) atoms. The number of aromatic nitrogens is 4. The lowest BCUT2D eigenvalue weighted by atomic mass is 10.1. The van der Waals surface area contributed by atoms with Crippen LogP contribution < -0.4 is 15.4 Å². The number of amides is 1. The van der Waals surface area contributed by atoms with Crippen molar-refractivity contribution < 1.29 is 23.1 Å². The van der Waals surface area contributed by atoms with E-state index in [0.717, 1.165) is 17.5 Å². The number of carbonyl (C=O) groups is 2. The van der Waals surface area contributed by atoms with E-state index in [0.29, 0.717) is 41.1 Å². The zero-order valence-corrected chi connectivity index (χ0v) is 22.7. The minimum Gasteiger partial charge on any atom is -0.480 e. The number of hydrogen-bond donors (Lipinski definition) is 5. The van der Waals surface area contributed by atoms with Gasteiger partial charge in [-0.15, -0.1) is 0 Å². The van der Waals surface area contributed by atoms with Gasteiger partial charge in [-0.1, -0.05) is 23.8 Å². The number of hydrogen-bond acceptors (Lipinski definition) is 7. The Morgan fingerprint density at radius 2 is 1.90 bits per heavy atom. The summed E-state index contributed by atoms with van der Waals surface area (Å²) in [7, 11) is -4.16. The maximum Gasteiger partial charge on any atom is 0.323 e. The number of carboxylic acids is 1. The van der Waals surface area contributed by atoms with Gasteiger partial charge in [-0.3, -0.25) is 14.3 Å². The number of nitrogens with one attached hydrogen (secondary N) is 4. The summed E-state index contributed by atoms with van der Waals surface area (Å²) in [5.74, 6) is -1.26. The van der Waals surface area contributed by atoms with Gasteiger partial charge in [0, 0.05) is 37.4 Å². The Kier molecular flexibility index (Phi) is 8.31. The molecule has 13 heteroatoms. The van der Waals surface area contributed by atoms with Gasteiger partial charge in [0.2, 0.25) is 10.0 Å². The lowest BCUT2D eigenvalue weighted by molar-refractivity contribution is -0.138. The zero-order chi connectivity index (χ0) is 28.2. The summed E-state index contributed by atoms with van der Waals surface area (Å²) in [5, 5.41) is 20.4. The van der Waals surface area contributed by atoms with Crippen molar-refractivity contribution in [2.75, 3.05) is 18.4 Å². The molecule has 0 radical (unpaired) electrons. The van der Waals surface area contributed by atoms with Gasteiger partial charge in [0.25, 0.3) is 5.91 Å². The van der Waals surface area contributed by atoms with Gasteiger partial charge < -0.3 is 20.7 Å². The van der Waals surface area contributed by atoms with Gasteiger partial charge in [-0.25, -0.2) is 13.4 Å². The van der Waals surface area contributed by atoms with E-state index in [1.54, 1.807) is 61.4 Å². The van der Waals surface area contributed by atoms with Crippen LogP contribution >= 0.6 is 0 Å². The van der Waals surface area contributed by atoms with Crippen molar-refractivity contribution in [2.24, 2.45) is 0 Å². The van der Waals surface area contributed by atoms with E-state index >= 15 is 0 Å². The fourth-order valence-corrected chi connectivity index (χ4v) is 6.23. The highest BCUT2D eigenvalue weighted by Gasteiger charge is 2.28. The Morgan fingerprint density at radius 3 is 2.56 bits per heavy atom. The van der Waals surface area contributed by atoms with Crippen LogP contribution in [0.2, 0.25) is 0 Å². The quantitative estimate of drug-likeness (QED) is 0.166. The molecule has 2 heterocycles. The molecular weight excluding hydrogens is 522 g/mol. The van der Waals surface area contributed by atoms with Crippen LogP contribution in [-0.2, 0) is 21.4 Å². The molecule has 0 aliphatic heterocycles. The number of sulfonamides is 1. The van der Waals surface area contributed by atoms with E-state index in [-0.39, 0.29) is 4.90 Å². The molecule has 5 N–H and O–H groups in total. The maximum absolute atomic E-state index is 13.1. The number of carboxylic acid groups (broad SMARTS) is 1. The van der Waals surface area contributed by atoms with E-state index in [1.165, 1.54) is 0 Å². The van der Waals surface area contributed by atoms with Crippen LogP contribution in [0.25, 0.3) is 10.9 Å². The molecule has 206 valence electrons. The molecule has 1 atom stereocenters. The normalized spacial score (nSPS) is 12.4. The third-order valence-electron chi connectivity index (χ3n) is 6.21. The van der Waals surface area contributed by atoms with E-state index < -0.39 is 34.5 Å². The molecule has 0 spiro atoms. The molecule has 4 aromatic rings. The molecule has 12 nitrogen and oxygen atoms in total. The first-order chi connectivity index (χ1) is 18.6. The highest BCUT2D eigenvalue weighted by Crippen LogP contribution is 2.22. The smallest absolute Gasteiger partial charge is 0.323 e. The molecule has 1 unspecified atom stereocenters. The van der Waals surface area contributed by atoms with Crippen molar-refractivity contribution in [3.63, 3.8) is 0 Å². The maximum atomic E-state index is 13.1. The number of fused-ring (bicyclic) bond motifs is 1. The third kappa shape index (κ3) is 6.44. The zero-order valence-electron chi connectivity index (χ0n) is 21.9. The molecule has 4 rings (SSSR count). The van der Waals surface area contributed by atoms with Crippen LogP contribution in [0.15, 0.2) is 53.8 Å². The second-order valence-electron chi connectivity index (χ2n) is 9.27. The van der Waals surface area contributed by atoms with Gasteiger partial charge in [0.15, 0.2) is 5.95 Å². The van der Waals surface area contributed by atoms with E-state index in [1.807, 2.05) is 13.0 Å². The van der Waals surface area contributed by atoms with E-state index in [9.17, 15) is 23.1 Å². The number of benzene rings is 2. The number of H-pyrrole nitrogens is 1. The molecule has 0 bridgehead atoms. The number of imidazole rings is 1. The Balaban J connectivity index is 1.43. The lowest BCUT2D eigenvalue weighted by Gasteiger charge is -2.18. The Hall–Kier alpha value is -4.23. The van der Waals surface area contributed by atoms with Crippen LogP contribution in [0.1, 0.15) is 33.5 Å². The Labute approximate surface area is 225 Å². The van der Waals surface area contributed by atoms with Crippen LogP contribution in [0.3, 0.4) is 0 Å². The van der Waals surface area contributed by atoms with E-state index in [2.05, 4.69) is 30.4 Å². The number of anilines is 1. The summed E-state index contributed by atoms with van der Waals surface area (Å²) in [6, 6.07) is 7.05. The summed E-state index contributed by atoms with van der Waals surface area (Å²) in [6.07, 6.45) is 5.74. The SMILES string of the molecule is Cc1cc(C)c(S(=O)(=O)NC(CNC(=O)c2cccc3c2cnn3CCCNc2ncc[nH]2)C(=O)O)c(C)c1. The number of aromatic amines is 1. The van der Waals surface area contributed by atoms with Crippen LogP contribution in [-0.4, -0.2) is 64.3 Å². The topological polar surface area (TPSA) is 171 Å². The predicted octanol–water partition coefficient (Wildman–Crippen LogP) is 2.35.